The van der Waals surface area contributed by atoms with E-state index in [1.54, 1.807) is 14.2 Å². The van der Waals surface area contributed by atoms with Crippen molar-refractivity contribution in [3.8, 4) is 23.0 Å². The number of hydrogen-bond donors (Lipinski definition) is 2. The first-order valence-corrected chi connectivity index (χ1v) is 13.6. The van der Waals surface area contributed by atoms with E-state index >= 15 is 0 Å². The average Bonchev–Trinajstić information content (AvgIpc) is 3.36. The molecule has 0 radical (unpaired) electrons. The van der Waals surface area contributed by atoms with Crippen molar-refractivity contribution in [2.75, 3.05) is 64.0 Å². The Labute approximate surface area is 240 Å². The van der Waals surface area contributed by atoms with E-state index in [0.29, 0.717) is 22.9 Å². The third kappa shape index (κ3) is 5.83. The number of benzene rings is 2. The van der Waals surface area contributed by atoms with Crippen LogP contribution in [0.3, 0.4) is 0 Å². The minimum absolute atomic E-state index is 0.246. The highest BCUT2D eigenvalue weighted by Gasteiger charge is 2.20. The molecule has 0 unspecified atom stereocenters. The number of carbonyl (C=O) groups is 1. The quantitative estimate of drug-likeness (QED) is 0.252. The SMILES string of the molecule is C=CC(=O)Nc1cc(Nc2cc(-c3cn4c5c(cccc35)CCC4)nc(OC)n2)c(OC)cc1N(C)CCN(C)C. The first kappa shape index (κ1) is 28.0. The fourth-order valence-corrected chi connectivity index (χ4v) is 5.22. The van der Waals surface area contributed by atoms with Crippen LogP contribution in [-0.2, 0) is 17.8 Å². The standard InChI is InChI=1S/C31H37N7O3/c1-7-29(39)33-24-16-25(27(40-5)18-26(24)37(4)15-14-36(2)3)32-28-17-23(34-31(35-28)41-6)22-19-38-13-9-11-20-10-8-12-21(22)30(20)38/h7-8,10,12,16-19H,1,9,11,13-15H2,2-6H3,(H,33,39)(H,32,34,35). The highest BCUT2D eigenvalue weighted by Crippen LogP contribution is 2.40. The zero-order valence-electron chi connectivity index (χ0n) is 24.3. The van der Waals surface area contributed by atoms with E-state index in [9.17, 15) is 4.79 Å². The second-order valence-electron chi connectivity index (χ2n) is 10.4. The summed E-state index contributed by atoms with van der Waals surface area (Å²) in [6, 6.07) is 12.3. The number of aryl methyl sites for hydroxylation is 2. The maximum atomic E-state index is 12.3. The Hall–Kier alpha value is -4.57. The van der Waals surface area contributed by atoms with Crippen molar-refractivity contribution >= 4 is 39.7 Å². The van der Waals surface area contributed by atoms with E-state index in [4.69, 9.17) is 14.5 Å². The minimum atomic E-state index is -0.303. The molecule has 41 heavy (non-hydrogen) atoms. The van der Waals surface area contributed by atoms with Crippen LogP contribution in [0.4, 0.5) is 22.9 Å². The third-order valence-electron chi connectivity index (χ3n) is 7.31. The topological polar surface area (TPSA) is 96.8 Å². The van der Waals surface area contributed by atoms with Crippen molar-refractivity contribution < 1.29 is 14.3 Å². The maximum absolute atomic E-state index is 12.3. The number of anilines is 4. The number of carbonyl (C=O) groups excluding carboxylic acids is 1. The predicted octanol–water partition coefficient (Wildman–Crippen LogP) is 4.93. The van der Waals surface area contributed by atoms with Crippen molar-refractivity contribution in [2.45, 2.75) is 19.4 Å². The second-order valence-corrected chi connectivity index (χ2v) is 10.4. The van der Waals surface area contributed by atoms with Gasteiger partial charge in [0.25, 0.3) is 0 Å². The number of aromatic nitrogens is 3. The number of ether oxygens (including phenoxy) is 2. The van der Waals surface area contributed by atoms with Crippen LogP contribution in [0.1, 0.15) is 12.0 Å². The van der Waals surface area contributed by atoms with Crippen LogP contribution in [0.15, 0.2) is 55.3 Å². The fraction of sp³-hybridized carbons (Fsp3) is 0.323. The van der Waals surface area contributed by atoms with Gasteiger partial charge in [0.05, 0.1) is 42.5 Å². The van der Waals surface area contributed by atoms with Gasteiger partial charge in [0.2, 0.25) is 5.91 Å². The summed E-state index contributed by atoms with van der Waals surface area (Å²) in [5.74, 6) is 0.828. The lowest BCUT2D eigenvalue weighted by Gasteiger charge is -2.26. The second kappa shape index (κ2) is 11.9. The molecule has 2 N–H and O–H groups in total. The van der Waals surface area contributed by atoms with Gasteiger partial charge in [0, 0.05) is 56.0 Å². The molecule has 214 valence electrons. The molecule has 5 rings (SSSR count). The fourth-order valence-electron chi connectivity index (χ4n) is 5.22. The van der Waals surface area contributed by atoms with Gasteiger partial charge in [-0.2, -0.15) is 9.97 Å². The van der Waals surface area contributed by atoms with Crippen LogP contribution in [0.2, 0.25) is 0 Å². The monoisotopic (exact) mass is 555 g/mol. The first-order chi connectivity index (χ1) is 19.8. The van der Waals surface area contributed by atoms with Crippen LogP contribution in [-0.4, -0.2) is 73.8 Å². The van der Waals surface area contributed by atoms with Crippen molar-refractivity contribution in [1.82, 2.24) is 19.4 Å². The van der Waals surface area contributed by atoms with Gasteiger partial charge < -0.3 is 34.5 Å². The molecule has 4 aromatic rings. The molecule has 2 aromatic carbocycles. The van der Waals surface area contributed by atoms with Gasteiger partial charge in [-0.3, -0.25) is 4.79 Å². The average molecular weight is 556 g/mol. The summed E-state index contributed by atoms with van der Waals surface area (Å²) in [4.78, 5) is 25.8. The largest absolute Gasteiger partial charge is 0.494 e. The molecule has 0 fully saturated rings. The van der Waals surface area contributed by atoms with Crippen molar-refractivity contribution in [3.05, 3.63) is 60.8 Å². The summed E-state index contributed by atoms with van der Waals surface area (Å²) in [6.45, 7) is 6.18. The number of likely N-dealkylation sites (N-methyl/N-ethyl adjacent to an activating group) is 2. The van der Waals surface area contributed by atoms with Crippen LogP contribution >= 0.6 is 0 Å². The maximum Gasteiger partial charge on any atom is 0.318 e. The number of para-hydroxylation sites is 1. The zero-order chi connectivity index (χ0) is 29.1. The molecule has 0 saturated carbocycles. The van der Waals surface area contributed by atoms with Crippen molar-refractivity contribution in [1.29, 1.82) is 0 Å². The zero-order valence-corrected chi connectivity index (χ0v) is 24.3. The lowest BCUT2D eigenvalue weighted by Crippen LogP contribution is -2.29. The van der Waals surface area contributed by atoms with Gasteiger partial charge in [0.15, 0.2) is 0 Å². The molecule has 10 nitrogen and oxygen atoms in total. The molecule has 1 aliphatic rings. The molecule has 0 atom stereocenters. The molecule has 1 aliphatic heterocycles. The highest BCUT2D eigenvalue weighted by atomic mass is 16.5. The Kier molecular flexibility index (Phi) is 8.11. The van der Waals surface area contributed by atoms with Crippen LogP contribution in [0, 0.1) is 0 Å². The van der Waals surface area contributed by atoms with Crippen molar-refractivity contribution in [2.24, 2.45) is 0 Å². The van der Waals surface area contributed by atoms with Gasteiger partial charge in [-0.1, -0.05) is 24.8 Å². The van der Waals surface area contributed by atoms with Crippen LogP contribution < -0.4 is 25.0 Å². The summed E-state index contributed by atoms with van der Waals surface area (Å²) in [7, 11) is 9.20. The van der Waals surface area contributed by atoms with E-state index in [-0.39, 0.29) is 11.9 Å². The van der Waals surface area contributed by atoms with Crippen LogP contribution in [0.25, 0.3) is 22.2 Å². The number of nitrogens with zero attached hydrogens (tertiary/aromatic N) is 5. The third-order valence-corrected chi connectivity index (χ3v) is 7.31. The van der Waals surface area contributed by atoms with E-state index in [2.05, 4.69) is 61.0 Å². The summed E-state index contributed by atoms with van der Waals surface area (Å²) in [5.41, 5.74) is 6.46. The molecule has 3 heterocycles. The lowest BCUT2D eigenvalue weighted by atomic mass is 10.0. The van der Waals surface area contributed by atoms with E-state index in [1.165, 1.54) is 17.2 Å². The molecule has 0 spiro atoms. The Balaban J connectivity index is 1.56. The Morgan fingerprint density at radius 2 is 1.93 bits per heavy atom. The van der Waals surface area contributed by atoms with Gasteiger partial charge in [-0.25, -0.2) is 0 Å². The normalized spacial score (nSPS) is 12.3. The summed E-state index contributed by atoms with van der Waals surface area (Å²) < 4.78 is 13.6. The van der Waals surface area contributed by atoms with Gasteiger partial charge in [-0.05, 0) is 44.6 Å². The number of hydrogen-bond acceptors (Lipinski definition) is 8. The molecule has 2 aromatic heterocycles. The molecule has 10 heteroatoms. The minimum Gasteiger partial charge on any atom is -0.494 e. The number of amides is 1. The molecule has 0 aliphatic carbocycles. The Morgan fingerprint density at radius 1 is 1.10 bits per heavy atom. The number of rotatable bonds is 11. The van der Waals surface area contributed by atoms with Gasteiger partial charge in [0.1, 0.15) is 11.6 Å². The summed E-state index contributed by atoms with van der Waals surface area (Å²) in [6.07, 6.45) is 5.61. The van der Waals surface area contributed by atoms with Gasteiger partial charge >= 0.3 is 6.01 Å². The molecular formula is C31H37N7O3. The summed E-state index contributed by atoms with van der Waals surface area (Å²) in [5, 5.41) is 7.48. The van der Waals surface area contributed by atoms with E-state index < -0.39 is 0 Å². The van der Waals surface area contributed by atoms with E-state index in [1.807, 2.05) is 39.3 Å². The molecular weight excluding hydrogens is 518 g/mol. The van der Waals surface area contributed by atoms with Gasteiger partial charge in [-0.15, -0.1) is 0 Å². The smallest absolute Gasteiger partial charge is 0.318 e. The Morgan fingerprint density at radius 3 is 2.66 bits per heavy atom. The van der Waals surface area contributed by atoms with Crippen LogP contribution in [0.5, 0.6) is 11.8 Å². The number of methoxy groups -OCH3 is 2. The van der Waals surface area contributed by atoms with E-state index in [0.717, 1.165) is 54.8 Å². The van der Waals surface area contributed by atoms with Crippen molar-refractivity contribution in [3.63, 3.8) is 0 Å². The molecule has 0 bridgehead atoms. The number of nitrogens with one attached hydrogen (secondary N) is 2. The summed E-state index contributed by atoms with van der Waals surface area (Å²) >= 11 is 0. The lowest BCUT2D eigenvalue weighted by molar-refractivity contribution is -0.111. The Bertz CT molecular complexity index is 1590. The highest BCUT2D eigenvalue weighted by molar-refractivity contribution is 6.02. The predicted molar refractivity (Wildman–Crippen MR) is 165 cm³/mol. The molecule has 1 amide bonds. The molecule has 0 saturated heterocycles. The first-order valence-electron chi connectivity index (χ1n) is 13.6.